The van der Waals surface area contributed by atoms with E-state index < -0.39 is 0 Å². The fourth-order valence-electron chi connectivity index (χ4n) is 1.51. The van der Waals surface area contributed by atoms with E-state index in [1.807, 2.05) is 6.92 Å². The quantitative estimate of drug-likeness (QED) is 0.863. The predicted molar refractivity (Wildman–Crippen MR) is 61.9 cm³/mol. The van der Waals surface area contributed by atoms with Crippen LogP contribution in [-0.4, -0.2) is 20.1 Å². The maximum absolute atomic E-state index is 5.90. The number of hydrogen-bond donors (Lipinski definition) is 1. The first-order valence-corrected chi connectivity index (χ1v) is 5.60. The van der Waals surface area contributed by atoms with Crippen LogP contribution in [0.1, 0.15) is 37.5 Å². The molecule has 0 amide bonds. The summed E-state index contributed by atoms with van der Waals surface area (Å²) >= 11 is 0. The Morgan fingerprint density at radius 2 is 2.24 bits per heavy atom. The van der Waals surface area contributed by atoms with Gasteiger partial charge in [0.25, 0.3) is 0 Å². The van der Waals surface area contributed by atoms with Crippen molar-refractivity contribution < 1.29 is 4.52 Å². The minimum absolute atomic E-state index is 0.204. The molecule has 6 heteroatoms. The monoisotopic (exact) mass is 233 g/mol. The molecular formula is C11H15N5O. The highest BCUT2D eigenvalue weighted by Gasteiger charge is 2.15. The van der Waals surface area contributed by atoms with Gasteiger partial charge in [-0.25, -0.2) is 9.97 Å². The summed E-state index contributed by atoms with van der Waals surface area (Å²) in [5, 5.41) is 3.87. The molecule has 0 aromatic carbocycles. The Balaban J connectivity index is 2.23. The number of aromatic nitrogens is 4. The van der Waals surface area contributed by atoms with Crippen molar-refractivity contribution in [2.24, 2.45) is 5.73 Å². The van der Waals surface area contributed by atoms with Crippen LogP contribution in [0.15, 0.2) is 16.8 Å². The van der Waals surface area contributed by atoms with Crippen LogP contribution in [0, 0.1) is 6.92 Å². The van der Waals surface area contributed by atoms with Gasteiger partial charge in [0.15, 0.2) is 0 Å². The van der Waals surface area contributed by atoms with Crippen molar-refractivity contribution in [2.45, 2.75) is 32.7 Å². The largest absolute Gasteiger partial charge is 0.337 e. The molecule has 0 bridgehead atoms. The van der Waals surface area contributed by atoms with Crippen LogP contribution in [0.25, 0.3) is 11.5 Å². The standard InChI is InChI=1S/C11H15N5O/c1-3-4-8(12)11-15-10(16-17-11)9-5-6-13-7(2)14-9/h5-6,8H,3-4,12H2,1-2H3/t8-/m1/s1. The topological polar surface area (TPSA) is 90.7 Å². The van der Waals surface area contributed by atoms with E-state index in [1.54, 1.807) is 12.3 Å². The number of nitrogens with two attached hydrogens (primary N) is 1. The number of hydrogen-bond acceptors (Lipinski definition) is 6. The van der Waals surface area contributed by atoms with E-state index >= 15 is 0 Å². The van der Waals surface area contributed by atoms with E-state index in [4.69, 9.17) is 10.3 Å². The highest BCUT2D eigenvalue weighted by atomic mass is 16.5. The molecule has 17 heavy (non-hydrogen) atoms. The zero-order chi connectivity index (χ0) is 12.3. The third kappa shape index (κ3) is 2.65. The summed E-state index contributed by atoms with van der Waals surface area (Å²) in [5.74, 6) is 1.59. The maximum Gasteiger partial charge on any atom is 0.243 e. The van der Waals surface area contributed by atoms with Crippen molar-refractivity contribution in [3.05, 3.63) is 24.0 Å². The van der Waals surface area contributed by atoms with Crippen LogP contribution in [0.3, 0.4) is 0 Å². The lowest BCUT2D eigenvalue weighted by Crippen LogP contribution is -2.09. The van der Waals surface area contributed by atoms with Gasteiger partial charge in [-0.05, 0) is 19.4 Å². The summed E-state index contributed by atoms with van der Waals surface area (Å²) in [6.07, 6.45) is 3.47. The summed E-state index contributed by atoms with van der Waals surface area (Å²) < 4.78 is 5.13. The lowest BCUT2D eigenvalue weighted by Gasteiger charge is -2.02. The fraction of sp³-hybridized carbons (Fsp3) is 0.455. The summed E-state index contributed by atoms with van der Waals surface area (Å²) in [7, 11) is 0. The average Bonchev–Trinajstić information content (AvgIpc) is 2.78. The van der Waals surface area contributed by atoms with Gasteiger partial charge in [0.05, 0.1) is 6.04 Å². The molecule has 90 valence electrons. The van der Waals surface area contributed by atoms with Crippen molar-refractivity contribution in [1.82, 2.24) is 20.1 Å². The number of nitrogens with zero attached hydrogens (tertiary/aromatic N) is 4. The molecule has 2 aromatic heterocycles. The van der Waals surface area contributed by atoms with Crippen LogP contribution in [0.5, 0.6) is 0 Å². The molecule has 0 aliphatic rings. The van der Waals surface area contributed by atoms with Crippen molar-refractivity contribution >= 4 is 0 Å². The summed E-state index contributed by atoms with van der Waals surface area (Å²) in [6, 6.07) is 1.54. The zero-order valence-electron chi connectivity index (χ0n) is 9.92. The molecule has 1 atom stereocenters. The lowest BCUT2D eigenvalue weighted by molar-refractivity contribution is 0.348. The van der Waals surface area contributed by atoms with Gasteiger partial charge in [-0.1, -0.05) is 18.5 Å². The molecule has 0 saturated carbocycles. The first-order valence-electron chi connectivity index (χ1n) is 5.60. The van der Waals surface area contributed by atoms with Crippen molar-refractivity contribution in [3.8, 4) is 11.5 Å². The minimum atomic E-state index is -0.204. The molecule has 0 fully saturated rings. The normalized spacial score (nSPS) is 12.6. The second-order valence-corrected chi connectivity index (χ2v) is 3.84. The zero-order valence-corrected chi connectivity index (χ0v) is 9.92. The van der Waals surface area contributed by atoms with E-state index in [2.05, 4.69) is 27.0 Å². The van der Waals surface area contributed by atoms with Gasteiger partial charge in [0.1, 0.15) is 11.5 Å². The van der Waals surface area contributed by atoms with Crippen LogP contribution in [0.4, 0.5) is 0 Å². The van der Waals surface area contributed by atoms with E-state index in [1.165, 1.54) is 0 Å². The van der Waals surface area contributed by atoms with E-state index in [0.29, 0.717) is 23.2 Å². The second-order valence-electron chi connectivity index (χ2n) is 3.84. The first-order chi connectivity index (χ1) is 8.20. The molecule has 2 aromatic rings. The van der Waals surface area contributed by atoms with Gasteiger partial charge >= 0.3 is 0 Å². The maximum atomic E-state index is 5.90. The molecule has 2 rings (SSSR count). The van der Waals surface area contributed by atoms with Gasteiger partial charge < -0.3 is 10.3 Å². The summed E-state index contributed by atoms with van der Waals surface area (Å²) in [5.41, 5.74) is 6.55. The van der Waals surface area contributed by atoms with Crippen LogP contribution >= 0.6 is 0 Å². The molecule has 6 nitrogen and oxygen atoms in total. The summed E-state index contributed by atoms with van der Waals surface area (Å²) in [4.78, 5) is 12.5. The Bertz CT molecular complexity index is 496. The van der Waals surface area contributed by atoms with Gasteiger partial charge in [-0.3, -0.25) is 0 Å². The number of rotatable bonds is 4. The molecule has 2 heterocycles. The third-order valence-corrected chi connectivity index (χ3v) is 2.36. The van der Waals surface area contributed by atoms with Gasteiger partial charge in [-0.2, -0.15) is 4.98 Å². The Morgan fingerprint density at radius 1 is 1.41 bits per heavy atom. The molecule has 0 spiro atoms. The molecule has 0 aliphatic heterocycles. The predicted octanol–water partition coefficient (Wildman–Crippen LogP) is 1.63. The first kappa shape index (κ1) is 11.7. The Kier molecular flexibility index (Phi) is 3.43. The molecule has 2 N–H and O–H groups in total. The number of aryl methyl sites for hydroxylation is 1. The van der Waals surface area contributed by atoms with E-state index in [9.17, 15) is 0 Å². The molecule has 0 radical (unpaired) electrons. The van der Waals surface area contributed by atoms with Gasteiger partial charge in [0.2, 0.25) is 11.7 Å². The lowest BCUT2D eigenvalue weighted by atomic mass is 10.2. The Hall–Kier alpha value is -1.82. The highest BCUT2D eigenvalue weighted by Crippen LogP contribution is 2.18. The molecular weight excluding hydrogens is 218 g/mol. The summed E-state index contributed by atoms with van der Waals surface area (Å²) in [6.45, 7) is 3.87. The van der Waals surface area contributed by atoms with E-state index in [0.717, 1.165) is 12.8 Å². The van der Waals surface area contributed by atoms with Crippen LogP contribution in [0.2, 0.25) is 0 Å². The molecule has 0 unspecified atom stereocenters. The third-order valence-electron chi connectivity index (χ3n) is 2.36. The fourth-order valence-corrected chi connectivity index (χ4v) is 1.51. The second kappa shape index (κ2) is 5.01. The Morgan fingerprint density at radius 3 is 2.94 bits per heavy atom. The van der Waals surface area contributed by atoms with E-state index in [-0.39, 0.29) is 6.04 Å². The average molecular weight is 233 g/mol. The molecule has 0 aliphatic carbocycles. The SMILES string of the molecule is CCC[C@@H](N)c1nc(-c2ccnc(C)n2)no1. The molecule has 0 saturated heterocycles. The van der Waals surface area contributed by atoms with Gasteiger partial charge in [0, 0.05) is 6.20 Å². The van der Waals surface area contributed by atoms with Gasteiger partial charge in [-0.15, -0.1) is 0 Å². The van der Waals surface area contributed by atoms with Crippen molar-refractivity contribution in [1.29, 1.82) is 0 Å². The minimum Gasteiger partial charge on any atom is -0.337 e. The van der Waals surface area contributed by atoms with Crippen molar-refractivity contribution in [2.75, 3.05) is 0 Å². The Labute approximate surface area is 99.3 Å². The van der Waals surface area contributed by atoms with Crippen LogP contribution in [-0.2, 0) is 0 Å². The highest BCUT2D eigenvalue weighted by molar-refractivity contribution is 5.46. The smallest absolute Gasteiger partial charge is 0.243 e. The van der Waals surface area contributed by atoms with Crippen molar-refractivity contribution in [3.63, 3.8) is 0 Å². The van der Waals surface area contributed by atoms with Crippen LogP contribution < -0.4 is 5.73 Å².